The van der Waals surface area contributed by atoms with Crippen molar-refractivity contribution in [2.24, 2.45) is 0 Å². The molecule has 5 aliphatic rings. The van der Waals surface area contributed by atoms with Gasteiger partial charge in [-0.05, 0) is 162 Å². The van der Waals surface area contributed by atoms with Crippen molar-refractivity contribution in [2.45, 2.75) is 103 Å². The predicted octanol–water partition coefficient (Wildman–Crippen LogP) is 15.8. The number of hydrogen-bond acceptors (Lipinski definition) is 3. The van der Waals surface area contributed by atoms with E-state index in [0.717, 1.165) is 22.5 Å². The number of aromatic nitrogens is 2. The van der Waals surface area contributed by atoms with Gasteiger partial charge in [0.25, 0.3) is 0 Å². The first kappa shape index (κ1) is 41.1. The molecular formula is C65H56BN3S. The second-order valence-corrected chi connectivity index (χ2v) is 25.2. The van der Waals surface area contributed by atoms with Crippen molar-refractivity contribution in [1.82, 2.24) is 9.55 Å². The molecule has 0 spiro atoms. The van der Waals surface area contributed by atoms with Gasteiger partial charge in [-0.3, -0.25) is 0 Å². The van der Waals surface area contributed by atoms with E-state index in [2.05, 4.69) is 211 Å². The lowest BCUT2D eigenvalue weighted by Gasteiger charge is -2.43. The summed E-state index contributed by atoms with van der Waals surface area (Å²) >= 11 is 1.82. The molecule has 3 nitrogen and oxygen atoms in total. The number of fused-ring (bicyclic) bond motifs is 18. The second kappa shape index (κ2) is 13.4. The minimum absolute atomic E-state index is 0.0256. The Morgan fingerprint density at radius 3 is 2.07 bits per heavy atom. The molecule has 340 valence electrons. The molecule has 4 heterocycles. The number of anilines is 2. The number of hydrogen-bond donors (Lipinski definition) is 0. The third-order valence-electron chi connectivity index (χ3n) is 17.8. The average molecular weight is 922 g/mol. The predicted molar refractivity (Wildman–Crippen MR) is 298 cm³/mol. The Labute approximate surface area is 416 Å². The molecule has 5 heteroatoms. The van der Waals surface area contributed by atoms with Crippen LogP contribution in [0.4, 0.5) is 11.4 Å². The van der Waals surface area contributed by atoms with E-state index in [-0.39, 0.29) is 28.5 Å². The molecule has 0 saturated carbocycles. The summed E-state index contributed by atoms with van der Waals surface area (Å²) in [6.45, 7) is 21.8. The summed E-state index contributed by atoms with van der Waals surface area (Å²) in [4.78, 5) is 8.24. The van der Waals surface area contributed by atoms with Crippen LogP contribution < -0.4 is 15.7 Å². The van der Waals surface area contributed by atoms with Gasteiger partial charge in [-0.2, -0.15) is 0 Å². The monoisotopic (exact) mass is 921 g/mol. The van der Waals surface area contributed by atoms with Crippen LogP contribution in [0.2, 0.25) is 0 Å². The zero-order chi connectivity index (χ0) is 47.5. The van der Waals surface area contributed by atoms with Gasteiger partial charge in [0, 0.05) is 44.4 Å². The molecule has 0 fully saturated rings. The molecule has 70 heavy (non-hydrogen) atoms. The summed E-state index contributed by atoms with van der Waals surface area (Å²) < 4.78 is 3.97. The Balaban J connectivity index is 1.17. The molecule has 15 rings (SSSR count). The first-order valence-electron chi connectivity index (χ1n) is 25.6. The molecule has 0 unspecified atom stereocenters. The number of rotatable bonds is 2. The summed E-state index contributed by atoms with van der Waals surface area (Å²) in [5.41, 5.74) is 29.6. The van der Waals surface area contributed by atoms with Gasteiger partial charge in [0.2, 0.25) is 0 Å². The fourth-order valence-corrected chi connectivity index (χ4v) is 15.1. The third kappa shape index (κ3) is 5.24. The maximum atomic E-state index is 5.50. The SMILES string of the molecule is CC(C)(C)c1ccc(N2B3c4cc5nc(-c6ccccc6)sc5cc4-n4c5cc6c(cc5c5c7c(c(c3c54)-c3cc4c(cc32)Cc2ccccc2-4)-c2ccccc2C7(C)C)C(C)(C)CCC6(C)C)cc1. The third-order valence-corrected chi connectivity index (χ3v) is 18.9. The summed E-state index contributed by atoms with van der Waals surface area (Å²) in [5.74, 6) is 0. The lowest BCUT2D eigenvalue weighted by molar-refractivity contribution is 0.332. The van der Waals surface area contributed by atoms with Crippen molar-refractivity contribution < 1.29 is 0 Å². The Morgan fingerprint density at radius 1 is 0.614 bits per heavy atom. The van der Waals surface area contributed by atoms with Crippen molar-refractivity contribution in [2.75, 3.05) is 4.81 Å². The maximum Gasteiger partial charge on any atom is 0.333 e. The normalized spacial score (nSPS) is 17.0. The van der Waals surface area contributed by atoms with Gasteiger partial charge in [-0.1, -0.05) is 153 Å². The van der Waals surface area contributed by atoms with Gasteiger partial charge < -0.3 is 9.38 Å². The van der Waals surface area contributed by atoms with Crippen LogP contribution in [0, 0.1) is 0 Å². The molecule has 0 saturated heterocycles. The van der Waals surface area contributed by atoms with E-state index in [4.69, 9.17) is 4.98 Å². The molecule has 0 amide bonds. The molecule has 0 atom stereocenters. The lowest BCUT2D eigenvalue weighted by atomic mass is 9.43. The van der Waals surface area contributed by atoms with E-state index in [0.29, 0.717) is 0 Å². The highest BCUT2D eigenvalue weighted by molar-refractivity contribution is 7.21. The molecule has 0 bridgehead atoms. The van der Waals surface area contributed by atoms with Crippen LogP contribution in [0.5, 0.6) is 0 Å². The topological polar surface area (TPSA) is 21.1 Å². The van der Waals surface area contributed by atoms with Crippen molar-refractivity contribution in [3.05, 3.63) is 178 Å². The fourth-order valence-electron chi connectivity index (χ4n) is 14.1. The van der Waals surface area contributed by atoms with Gasteiger partial charge in [0.15, 0.2) is 0 Å². The molecular weight excluding hydrogens is 866 g/mol. The Bertz CT molecular complexity index is 3990. The molecule has 0 radical (unpaired) electrons. The summed E-state index contributed by atoms with van der Waals surface area (Å²) in [7, 11) is 0. The van der Waals surface area contributed by atoms with Crippen LogP contribution in [0.1, 0.15) is 114 Å². The molecule has 8 aromatic carbocycles. The molecule has 3 aliphatic carbocycles. The standard InChI is InChI=1S/C65H56BN3S/c1-62(2,3)39-23-25-40(26-24-39)69-52-30-38-29-37-19-13-14-20-41(37)43(38)31-44(52)56-55-42-21-15-16-22-46(42)65(8,9)58(55)57-45-32-47-48(64(6,7)28-27-63(47,4)5)33-51(45)68-53-35-54-50(34-49(53)66(69)59(56)60(57)68)67-61(70-54)36-17-11-10-12-18-36/h10-26,30-35H,27-29H2,1-9H3. The first-order chi connectivity index (χ1) is 33.6. The van der Waals surface area contributed by atoms with E-state index in [1.165, 1.54) is 140 Å². The van der Waals surface area contributed by atoms with Gasteiger partial charge in [-0.25, -0.2) is 4.98 Å². The van der Waals surface area contributed by atoms with E-state index < -0.39 is 0 Å². The Morgan fingerprint density at radius 2 is 1.31 bits per heavy atom. The number of thiazole rings is 1. The molecule has 2 aliphatic heterocycles. The second-order valence-electron chi connectivity index (χ2n) is 24.1. The number of nitrogens with zero attached hydrogens (tertiary/aromatic N) is 3. The van der Waals surface area contributed by atoms with Gasteiger partial charge >= 0.3 is 6.85 Å². The van der Waals surface area contributed by atoms with Crippen LogP contribution in [-0.4, -0.2) is 16.4 Å². The zero-order valence-electron chi connectivity index (χ0n) is 41.7. The van der Waals surface area contributed by atoms with E-state index in [1.54, 1.807) is 0 Å². The molecule has 2 aromatic heterocycles. The van der Waals surface area contributed by atoms with Crippen molar-refractivity contribution in [1.29, 1.82) is 0 Å². The Hall–Kier alpha value is -6.69. The highest BCUT2D eigenvalue weighted by Gasteiger charge is 2.51. The van der Waals surface area contributed by atoms with Crippen molar-refractivity contribution in [3.8, 4) is 49.6 Å². The molecule has 0 N–H and O–H groups in total. The lowest BCUT2D eigenvalue weighted by Crippen LogP contribution is -2.60. The zero-order valence-corrected chi connectivity index (χ0v) is 42.5. The minimum atomic E-state index is -0.254. The van der Waals surface area contributed by atoms with Crippen molar-refractivity contribution in [3.63, 3.8) is 0 Å². The summed E-state index contributed by atoms with van der Waals surface area (Å²) in [5, 5.41) is 3.87. The summed E-state index contributed by atoms with van der Waals surface area (Å²) in [6.07, 6.45) is 3.28. The van der Waals surface area contributed by atoms with E-state index >= 15 is 0 Å². The van der Waals surface area contributed by atoms with Gasteiger partial charge in [0.05, 0.1) is 21.3 Å². The maximum absolute atomic E-state index is 5.50. The van der Waals surface area contributed by atoms with Crippen LogP contribution in [0.3, 0.4) is 0 Å². The van der Waals surface area contributed by atoms with Crippen LogP contribution in [0.25, 0.3) is 81.7 Å². The number of benzene rings is 8. The smallest absolute Gasteiger partial charge is 0.333 e. The van der Waals surface area contributed by atoms with Crippen LogP contribution >= 0.6 is 11.3 Å². The van der Waals surface area contributed by atoms with Crippen LogP contribution in [-0.2, 0) is 28.1 Å². The Kier molecular flexibility index (Phi) is 7.86. The van der Waals surface area contributed by atoms with E-state index in [1.807, 2.05) is 11.3 Å². The molecule has 10 aromatic rings. The van der Waals surface area contributed by atoms with E-state index in [9.17, 15) is 0 Å². The highest BCUT2D eigenvalue weighted by Crippen LogP contribution is 2.61. The van der Waals surface area contributed by atoms with Crippen LogP contribution in [0.15, 0.2) is 140 Å². The summed E-state index contributed by atoms with van der Waals surface area (Å²) in [6, 6.07) is 54.4. The highest BCUT2D eigenvalue weighted by atomic mass is 32.1. The largest absolute Gasteiger partial charge is 0.376 e. The fraction of sp³-hybridized carbons (Fsp3) is 0.246. The van der Waals surface area contributed by atoms with Gasteiger partial charge in [-0.15, -0.1) is 11.3 Å². The first-order valence-corrected chi connectivity index (χ1v) is 26.4. The van der Waals surface area contributed by atoms with Crippen molar-refractivity contribution >= 4 is 72.5 Å². The average Bonchev–Trinajstić information content (AvgIpc) is 4.09. The van der Waals surface area contributed by atoms with Gasteiger partial charge in [0.1, 0.15) is 5.01 Å². The minimum Gasteiger partial charge on any atom is -0.376 e. The quantitative estimate of drug-likeness (QED) is 0.161.